The Hall–Kier alpha value is -2.23. The molecule has 0 radical (unpaired) electrons. The van der Waals surface area contributed by atoms with E-state index in [-0.39, 0.29) is 17.2 Å². The highest BCUT2D eigenvalue weighted by molar-refractivity contribution is 7.91. The van der Waals surface area contributed by atoms with Crippen LogP contribution in [0, 0.1) is 0 Å². The number of amides is 1. The molecule has 26 heavy (non-hydrogen) atoms. The summed E-state index contributed by atoms with van der Waals surface area (Å²) in [6.07, 6.45) is 0.271. The van der Waals surface area contributed by atoms with Gasteiger partial charge < -0.3 is 10.4 Å². The smallest absolute Gasteiger partial charge is 0.315 e. The molecule has 2 aromatic rings. The third-order valence-corrected chi connectivity index (χ3v) is 6.91. The molecule has 1 heterocycles. The standard InChI is InChI=1S/C17H20N2O5S2/c1-2-17(16(21)22,13-7-4-3-5-8-13)12-18-14(20)11-19-26(23,24)15-9-6-10-25-15/h3-10,19H,2,11-12H2,1H3,(H,18,20)(H,21,22). The Bertz CT molecular complexity index is 851. The first-order valence-electron chi connectivity index (χ1n) is 7.90. The molecule has 0 aliphatic rings. The number of aliphatic carboxylic acids is 1. The lowest BCUT2D eigenvalue weighted by Crippen LogP contribution is -2.48. The van der Waals surface area contributed by atoms with Gasteiger partial charge in [-0.3, -0.25) is 9.59 Å². The number of carboxylic acid groups (broad SMARTS) is 1. The lowest BCUT2D eigenvalue weighted by molar-refractivity contribution is -0.144. The van der Waals surface area contributed by atoms with E-state index in [2.05, 4.69) is 10.0 Å². The highest BCUT2D eigenvalue weighted by Gasteiger charge is 2.39. The van der Waals surface area contributed by atoms with Gasteiger partial charge in [-0.1, -0.05) is 43.3 Å². The van der Waals surface area contributed by atoms with Crippen molar-refractivity contribution >= 4 is 33.2 Å². The molecule has 0 saturated heterocycles. The Labute approximate surface area is 156 Å². The second-order valence-corrected chi connectivity index (χ2v) is 8.58. The third-order valence-electron chi connectivity index (χ3n) is 4.11. The molecule has 140 valence electrons. The maximum Gasteiger partial charge on any atom is 0.315 e. The fraction of sp³-hybridized carbons (Fsp3) is 0.294. The summed E-state index contributed by atoms with van der Waals surface area (Å²) in [5.74, 6) is -1.65. The zero-order valence-corrected chi connectivity index (χ0v) is 15.8. The van der Waals surface area contributed by atoms with Gasteiger partial charge in [-0.05, 0) is 23.4 Å². The summed E-state index contributed by atoms with van der Waals surface area (Å²) in [4.78, 5) is 23.9. The molecule has 0 fully saturated rings. The van der Waals surface area contributed by atoms with Crippen LogP contribution >= 0.6 is 11.3 Å². The summed E-state index contributed by atoms with van der Waals surface area (Å²) < 4.78 is 26.3. The van der Waals surface area contributed by atoms with Gasteiger partial charge in [-0.2, -0.15) is 0 Å². The molecule has 0 aliphatic heterocycles. The Morgan fingerprint density at radius 2 is 1.85 bits per heavy atom. The lowest BCUT2D eigenvalue weighted by Gasteiger charge is -2.29. The molecule has 0 aliphatic carbocycles. The minimum absolute atomic E-state index is 0.114. The number of hydrogen-bond acceptors (Lipinski definition) is 5. The van der Waals surface area contributed by atoms with Crippen LogP contribution in [0.3, 0.4) is 0 Å². The number of carbonyl (C=O) groups is 2. The number of thiophene rings is 1. The molecule has 2 rings (SSSR count). The molecule has 0 bridgehead atoms. The van der Waals surface area contributed by atoms with E-state index in [1.165, 1.54) is 6.07 Å². The fourth-order valence-corrected chi connectivity index (χ4v) is 4.52. The first-order chi connectivity index (χ1) is 12.3. The minimum Gasteiger partial charge on any atom is -0.481 e. The summed E-state index contributed by atoms with van der Waals surface area (Å²) in [7, 11) is -3.75. The van der Waals surface area contributed by atoms with Crippen LogP contribution in [0.4, 0.5) is 0 Å². The van der Waals surface area contributed by atoms with E-state index in [9.17, 15) is 23.1 Å². The molecule has 1 unspecified atom stereocenters. The van der Waals surface area contributed by atoms with Crippen LogP contribution in [-0.4, -0.2) is 38.5 Å². The number of carboxylic acids is 1. The minimum atomic E-state index is -3.75. The molecular weight excluding hydrogens is 376 g/mol. The monoisotopic (exact) mass is 396 g/mol. The van der Waals surface area contributed by atoms with Crippen molar-refractivity contribution in [2.24, 2.45) is 0 Å². The number of hydrogen-bond donors (Lipinski definition) is 3. The van der Waals surface area contributed by atoms with E-state index < -0.39 is 33.9 Å². The van der Waals surface area contributed by atoms with Crippen molar-refractivity contribution in [1.29, 1.82) is 0 Å². The van der Waals surface area contributed by atoms with E-state index in [1.54, 1.807) is 48.7 Å². The van der Waals surface area contributed by atoms with Crippen LogP contribution in [0.2, 0.25) is 0 Å². The maximum atomic E-state index is 12.0. The first kappa shape index (κ1) is 20.1. The van der Waals surface area contributed by atoms with Crippen molar-refractivity contribution in [2.45, 2.75) is 23.0 Å². The van der Waals surface area contributed by atoms with Gasteiger partial charge in [-0.15, -0.1) is 11.3 Å². The van der Waals surface area contributed by atoms with Crippen LogP contribution in [0.5, 0.6) is 0 Å². The fourth-order valence-electron chi connectivity index (χ4n) is 2.50. The number of carbonyl (C=O) groups excluding carboxylic acids is 1. The summed E-state index contributed by atoms with van der Waals surface area (Å²) in [5.41, 5.74) is -0.696. The maximum absolute atomic E-state index is 12.0. The Morgan fingerprint density at radius 1 is 1.15 bits per heavy atom. The Balaban J connectivity index is 2.03. The Morgan fingerprint density at radius 3 is 2.38 bits per heavy atom. The van der Waals surface area contributed by atoms with Crippen LogP contribution in [0.15, 0.2) is 52.1 Å². The van der Waals surface area contributed by atoms with Gasteiger partial charge in [0.1, 0.15) is 9.62 Å². The molecule has 3 N–H and O–H groups in total. The molecule has 1 aromatic heterocycles. The van der Waals surface area contributed by atoms with E-state index in [0.29, 0.717) is 5.56 Å². The van der Waals surface area contributed by atoms with E-state index in [0.717, 1.165) is 11.3 Å². The third kappa shape index (κ3) is 4.48. The van der Waals surface area contributed by atoms with E-state index >= 15 is 0 Å². The molecule has 7 nitrogen and oxygen atoms in total. The normalized spacial score (nSPS) is 13.7. The number of nitrogens with one attached hydrogen (secondary N) is 2. The summed E-state index contributed by atoms with van der Waals surface area (Å²) in [5, 5.41) is 13.9. The lowest BCUT2D eigenvalue weighted by atomic mass is 9.78. The van der Waals surface area contributed by atoms with Crippen LogP contribution in [-0.2, 0) is 25.0 Å². The predicted octanol–water partition coefficient (Wildman–Crippen LogP) is 1.58. The van der Waals surface area contributed by atoms with Crippen LogP contribution in [0.1, 0.15) is 18.9 Å². The van der Waals surface area contributed by atoms with Crippen molar-refractivity contribution < 1.29 is 23.1 Å². The highest BCUT2D eigenvalue weighted by Crippen LogP contribution is 2.27. The van der Waals surface area contributed by atoms with Crippen molar-refractivity contribution in [2.75, 3.05) is 13.1 Å². The summed E-state index contributed by atoms with van der Waals surface area (Å²) in [6.45, 7) is 1.13. The quantitative estimate of drug-likeness (QED) is 0.596. The van der Waals surface area contributed by atoms with Gasteiger partial charge in [0, 0.05) is 6.54 Å². The van der Waals surface area contributed by atoms with Gasteiger partial charge in [0.05, 0.1) is 6.54 Å². The number of rotatable bonds is 9. The van der Waals surface area contributed by atoms with Gasteiger partial charge in [0.2, 0.25) is 5.91 Å². The topological polar surface area (TPSA) is 113 Å². The van der Waals surface area contributed by atoms with Crippen molar-refractivity contribution in [1.82, 2.24) is 10.0 Å². The average Bonchev–Trinajstić information content (AvgIpc) is 3.17. The second kappa shape index (κ2) is 8.43. The van der Waals surface area contributed by atoms with Crippen molar-refractivity contribution in [3.8, 4) is 0 Å². The molecular formula is C17H20N2O5S2. The summed E-state index contributed by atoms with van der Waals surface area (Å²) in [6, 6.07) is 11.7. The largest absolute Gasteiger partial charge is 0.481 e. The second-order valence-electron chi connectivity index (χ2n) is 5.64. The van der Waals surface area contributed by atoms with Gasteiger partial charge in [-0.25, -0.2) is 13.1 Å². The highest BCUT2D eigenvalue weighted by atomic mass is 32.2. The molecule has 1 amide bonds. The molecule has 0 saturated carbocycles. The average molecular weight is 396 g/mol. The van der Waals surface area contributed by atoms with Gasteiger partial charge >= 0.3 is 5.97 Å². The van der Waals surface area contributed by atoms with E-state index in [1.807, 2.05) is 0 Å². The zero-order valence-electron chi connectivity index (χ0n) is 14.1. The number of benzene rings is 1. The molecule has 1 aromatic carbocycles. The molecule has 1 atom stereocenters. The SMILES string of the molecule is CCC(CNC(=O)CNS(=O)(=O)c1cccs1)(C(=O)O)c1ccccc1. The number of sulfonamides is 1. The van der Waals surface area contributed by atoms with Crippen molar-refractivity contribution in [3.63, 3.8) is 0 Å². The van der Waals surface area contributed by atoms with Crippen molar-refractivity contribution in [3.05, 3.63) is 53.4 Å². The van der Waals surface area contributed by atoms with Gasteiger partial charge in [0.25, 0.3) is 10.0 Å². The first-order valence-corrected chi connectivity index (χ1v) is 10.3. The van der Waals surface area contributed by atoms with E-state index in [4.69, 9.17) is 0 Å². The zero-order chi connectivity index (χ0) is 19.2. The predicted molar refractivity (Wildman–Crippen MR) is 98.6 cm³/mol. The van der Waals surface area contributed by atoms with Crippen LogP contribution < -0.4 is 10.0 Å². The summed E-state index contributed by atoms with van der Waals surface area (Å²) >= 11 is 1.04. The molecule has 9 heteroatoms. The van der Waals surface area contributed by atoms with Gasteiger partial charge in [0.15, 0.2) is 0 Å². The molecule has 0 spiro atoms. The Kier molecular flexibility index (Phi) is 6.52. The van der Waals surface area contributed by atoms with Crippen LogP contribution in [0.25, 0.3) is 0 Å².